The van der Waals surface area contributed by atoms with Crippen LogP contribution in [0.1, 0.15) is 33.6 Å². The summed E-state index contributed by atoms with van der Waals surface area (Å²) >= 11 is 3.34. The van der Waals surface area contributed by atoms with Gasteiger partial charge in [-0.3, -0.25) is 0 Å². The molecule has 21 heavy (non-hydrogen) atoms. The van der Waals surface area contributed by atoms with E-state index in [1.54, 1.807) is 11.1 Å². The van der Waals surface area contributed by atoms with Crippen molar-refractivity contribution in [1.82, 2.24) is 9.88 Å². The van der Waals surface area contributed by atoms with Crippen LogP contribution in [0.5, 0.6) is 5.88 Å². The number of piperidine rings is 1. The molecule has 1 aliphatic rings. The normalized spacial score (nSPS) is 19.2. The third-order valence-electron chi connectivity index (χ3n) is 3.02. The second kappa shape index (κ2) is 6.64. The highest BCUT2D eigenvalue weighted by Crippen LogP contribution is 2.20. The molecule has 2 heterocycles. The van der Waals surface area contributed by atoms with E-state index >= 15 is 0 Å². The van der Waals surface area contributed by atoms with Crippen LogP contribution in [-0.2, 0) is 4.74 Å². The Hall–Kier alpha value is -1.30. The summed E-state index contributed by atoms with van der Waals surface area (Å²) in [6.45, 7) is 6.85. The van der Waals surface area contributed by atoms with Crippen molar-refractivity contribution < 1.29 is 14.3 Å². The van der Waals surface area contributed by atoms with E-state index in [0.29, 0.717) is 19.0 Å². The van der Waals surface area contributed by atoms with Crippen molar-refractivity contribution in [3.8, 4) is 5.88 Å². The summed E-state index contributed by atoms with van der Waals surface area (Å²) < 4.78 is 12.2. The average molecular weight is 357 g/mol. The van der Waals surface area contributed by atoms with Gasteiger partial charge in [-0.2, -0.15) is 0 Å². The van der Waals surface area contributed by atoms with Gasteiger partial charge in [0.15, 0.2) is 0 Å². The number of rotatable bonds is 2. The summed E-state index contributed by atoms with van der Waals surface area (Å²) in [5.41, 5.74) is -0.474. The Morgan fingerprint density at radius 1 is 1.43 bits per heavy atom. The SMILES string of the molecule is CC(C)(C)OC(=O)N1CCCC(Oc2ccc(Br)cn2)C1. The van der Waals surface area contributed by atoms with E-state index in [2.05, 4.69) is 20.9 Å². The van der Waals surface area contributed by atoms with Crippen molar-refractivity contribution in [2.75, 3.05) is 13.1 Å². The summed E-state index contributed by atoms with van der Waals surface area (Å²) in [6, 6.07) is 3.70. The quantitative estimate of drug-likeness (QED) is 0.811. The number of hydrogen-bond acceptors (Lipinski definition) is 4. The van der Waals surface area contributed by atoms with Crippen molar-refractivity contribution in [1.29, 1.82) is 0 Å². The largest absolute Gasteiger partial charge is 0.472 e. The first kappa shape index (κ1) is 16.1. The standard InChI is InChI=1S/C15H21BrN2O3/c1-15(2,3)21-14(19)18-8-4-5-12(10-18)20-13-7-6-11(16)9-17-13/h6-7,9,12H,4-5,8,10H2,1-3H3. The van der Waals surface area contributed by atoms with Crippen molar-refractivity contribution in [2.24, 2.45) is 0 Å². The Morgan fingerprint density at radius 3 is 2.81 bits per heavy atom. The predicted octanol–water partition coefficient (Wildman–Crippen LogP) is 3.62. The number of likely N-dealkylation sites (tertiary alicyclic amines) is 1. The van der Waals surface area contributed by atoms with E-state index in [1.807, 2.05) is 32.9 Å². The van der Waals surface area contributed by atoms with Crippen LogP contribution in [0.4, 0.5) is 4.79 Å². The molecular formula is C15H21BrN2O3. The molecule has 1 atom stereocenters. The lowest BCUT2D eigenvalue weighted by atomic mass is 10.1. The lowest BCUT2D eigenvalue weighted by Crippen LogP contribution is -2.46. The molecule has 0 bridgehead atoms. The first-order chi connectivity index (χ1) is 9.83. The first-order valence-electron chi connectivity index (χ1n) is 7.09. The number of nitrogens with zero attached hydrogens (tertiary/aromatic N) is 2. The maximum atomic E-state index is 12.1. The van der Waals surface area contributed by atoms with E-state index in [9.17, 15) is 4.79 Å². The van der Waals surface area contributed by atoms with Crippen LogP contribution >= 0.6 is 15.9 Å². The Balaban J connectivity index is 1.91. The van der Waals surface area contributed by atoms with Crippen molar-refractivity contribution in [3.63, 3.8) is 0 Å². The molecule has 1 aromatic heterocycles. The van der Waals surface area contributed by atoms with Gasteiger partial charge in [0.2, 0.25) is 5.88 Å². The molecule has 1 aliphatic heterocycles. The maximum Gasteiger partial charge on any atom is 0.410 e. The highest BCUT2D eigenvalue weighted by molar-refractivity contribution is 9.10. The van der Waals surface area contributed by atoms with Crippen molar-refractivity contribution in [3.05, 3.63) is 22.8 Å². The Kier molecular flexibility index (Phi) is 5.08. The maximum absolute atomic E-state index is 12.1. The van der Waals surface area contributed by atoms with Crippen molar-refractivity contribution in [2.45, 2.75) is 45.3 Å². The molecule has 1 unspecified atom stereocenters. The molecule has 5 nitrogen and oxygen atoms in total. The van der Waals surface area contributed by atoms with E-state index < -0.39 is 5.60 Å². The number of carbonyl (C=O) groups excluding carboxylic acids is 1. The Morgan fingerprint density at radius 2 is 2.19 bits per heavy atom. The van der Waals surface area contributed by atoms with Gasteiger partial charge < -0.3 is 14.4 Å². The summed E-state index contributed by atoms with van der Waals surface area (Å²) in [4.78, 5) is 18.0. The highest BCUT2D eigenvalue weighted by Gasteiger charge is 2.28. The molecule has 0 N–H and O–H groups in total. The summed E-state index contributed by atoms with van der Waals surface area (Å²) in [6.07, 6.45) is 3.20. The monoisotopic (exact) mass is 356 g/mol. The minimum Gasteiger partial charge on any atom is -0.472 e. The van der Waals surface area contributed by atoms with Gasteiger partial charge in [0.1, 0.15) is 11.7 Å². The number of amides is 1. The fourth-order valence-corrected chi connectivity index (χ4v) is 2.36. The minimum absolute atomic E-state index is 0.0417. The number of aromatic nitrogens is 1. The molecule has 1 fully saturated rings. The van der Waals surface area contributed by atoms with Gasteiger partial charge >= 0.3 is 6.09 Å². The molecule has 0 aromatic carbocycles. The van der Waals surface area contributed by atoms with E-state index in [1.165, 1.54) is 0 Å². The van der Waals surface area contributed by atoms with Gasteiger partial charge in [-0.25, -0.2) is 9.78 Å². The molecule has 1 amide bonds. The van der Waals surface area contributed by atoms with Crippen LogP contribution in [0.2, 0.25) is 0 Å². The Bertz CT molecular complexity index is 485. The number of pyridine rings is 1. The number of hydrogen-bond donors (Lipinski definition) is 0. The predicted molar refractivity (Wildman–Crippen MR) is 83.4 cm³/mol. The Labute approximate surface area is 133 Å². The molecule has 1 aromatic rings. The topological polar surface area (TPSA) is 51.7 Å². The van der Waals surface area contributed by atoms with E-state index in [4.69, 9.17) is 9.47 Å². The summed E-state index contributed by atoms with van der Waals surface area (Å²) in [5, 5.41) is 0. The van der Waals surface area contributed by atoms with Gasteiger partial charge in [-0.05, 0) is 55.6 Å². The fraction of sp³-hybridized carbons (Fsp3) is 0.600. The third-order valence-corrected chi connectivity index (χ3v) is 3.49. The molecule has 0 radical (unpaired) electrons. The lowest BCUT2D eigenvalue weighted by molar-refractivity contribution is 0.00722. The number of ether oxygens (including phenoxy) is 2. The van der Waals surface area contributed by atoms with Gasteiger partial charge in [0.25, 0.3) is 0 Å². The smallest absolute Gasteiger partial charge is 0.410 e. The molecule has 0 saturated carbocycles. The second-order valence-electron chi connectivity index (χ2n) is 6.12. The van der Waals surface area contributed by atoms with Crippen LogP contribution < -0.4 is 4.74 Å². The molecule has 0 spiro atoms. The summed E-state index contributed by atoms with van der Waals surface area (Å²) in [7, 11) is 0. The molecule has 1 saturated heterocycles. The second-order valence-corrected chi connectivity index (χ2v) is 7.04. The third kappa shape index (κ3) is 5.19. The van der Waals surface area contributed by atoms with Crippen LogP contribution in [0.3, 0.4) is 0 Å². The van der Waals surface area contributed by atoms with Gasteiger partial charge in [0.05, 0.1) is 6.54 Å². The molecular weight excluding hydrogens is 336 g/mol. The zero-order valence-corrected chi connectivity index (χ0v) is 14.2. The van der Waals surface area contributed by atoms with E-state index in [-0.39, 0.29) is 12.2 Å². The summed E-state index contributed by atoms with van der Waals surface area (Å²) in [5.74, 6) is 0.578. The van der Waals surface area contributed by atoms with Gasteiger partial charge in [0, 0.05) is 23.3 Å². The van der Waals surface area contributed by atoms with Crippen LogP contribution in [0.15, 0.2) is 22.8 Å². The fourth-order valence-electron chi connectivity index (χ4n) is 2.13. The number of halogens is 1. The lowest BCUT2D eigenvalue weighted by Gasteiger charge is -2.33. The molecule has 116 valence electrons. The zero-order chi connectivity index (χ0) is 15.5. The molecule has 0 aliphatic carbocycles. The van der Waals surface area contributed by atoms with Crippen molar-refractivity contribution >= 4 is 22.0 Å². The number of carbonyl (C=O) groups is 1. The zero-order valence-electron chi connectivity index (χ0n) is 12.6. The molecule has 2 rings (SSSR count). The van der Waals surface area contributed by atoms with Crippen LogP contribution in [-0.4, -0.2) is 40.8 Å². The average Bonchev–Trinajstić information content (AvgIpc) is 2.40. The molecule has 6 heteroatoms. The van der Waals surface area contributed by atoms with E-state index in [0.717, 1.165) is 17.3 Å². The first-order valence-corrected chi connectivity index (χ1v) is 7.89. The van der Waals surface area contributed by atoms with Gasteiger partial charge in [-0.15, -0.1) is 0 Å². The van der Waals surface area contributed by atoms with Crippen LogP contribution in [0, 0.1) is 0 Å². The van der Waals surface area contributed by atoms with Gasteiger partial charge in [-0.1, -0.05) is 0 Å². The highest BCUT2D eigenvalue weighted by atomic mass is 79.9. The van der Waals surface area contributed by atoms with Crippen LogP contribution in [0.25, 0.3) is 0 Å². The minimum atomic E-state index is -0.474.